The highest BCUT2D eigenvalue weighted by Crippen LogP contribution is 2.33. The molecular formula is C21H21N3O3S. The van der Waals surface area contributed by atoms with Crippen LogP contribution < -0.4 is 15.4 Å². The van der Waals surface area contributed by atoms with Crippen molar-refractivity contribution in [1.29, 1.82) is 0 Å². The number of methoxy groups -OCH3 is 1. The van der Waals surface area contributed by atoms with Crippen LogP contribution in [0.2, 0.25) is 0 Å². The van der Waals surface area contributed by atoms with Gasteiger partial charge < -0.3 is 20.3 Å². The van der Waals surface area contributed by atoms with Gasteiger partial charge in [-0.3, -0.25) is 4.79 Å². The SMILES string of the molecule is COc1ccc(CN2CC3=C(C2=O)[C@@H](c2ccc(SC)cc2)NC(=O)N3)cc1. The van der Waals surface area contributed by atoms with E-state index in [9.17, 15) is 9.59 Å². The Morgan fingerprint density at radius 3 is 2.46 bits per heavy atom. The molecule has 144 valence electrons. The number of ether oxygens (including phenoxy) is 1. The first-order chi connectivity index (χ1) is 13.6. The Labute approximate surface area is 167 Å². The summed E-state index contributed by atoms with van der Waals surface area (Å²) in [6.45, 7) is 0.872. The fourth-order valence-corrected chi connectivity index (χ4v) is 3.96. The van der Waals surface area contributed by atoms with Crippen LogP contribution in [0.4, 0.5) is 4.79 Å². The van der Waals surface area contributed by atoms with Gasteiger partial charge in [-0.2, -0.15) is 0 Å². The summed E-state index contributed by atoms with van der Waals surface area (Å²) in [4.78, 5) is 28.2. The second-order valence-electron chi connectivity index (χ2n) is 6.71. The number of carbonyl (C=O) groups is 2. The van der Waals surface area contributed by atoms with Crippen LogP contribution in [0.25, 0.3) is 0 Å². The van der Waals surface area contributed by atoms with E-state index in [0.717, 1.165) is 21.8 Å². The number of hydrogen-bond donors (Lipinski definition) is 2. The second-order valence-corrected chi connectivity index (χ2v) is 7.59. The molecule has 2 N–H and O–H groups in total. The summed E-state index contributed by atoms with van der Waals surface area (Å²) < 4.78 is 5.18. The van der Waals surface area contributed by atoms with Gasteiger partial charge >= 0.3 is 6.03 Å². The average molecular weight is 395 g/mol. The quantitative estimate of drug-likeness (QED) is 0.764. The lowest BCUT2D eigenvalue weighted by Crippen LogP contribution is -2.44. The molecule has 6 nitrogen and oxygen atoms in total. The van der Waals surface area contributed by atoms with Crippen molar-refractivity contribution in [3.05, 3.63) is 70.9 Å². The molecule has 28 heavy (non-hydrogen) atoms. The largest absolute Gasteiger partial charge is 0.497 e. The van der Waals surface area contributed by atoms with E-state index in [4.69, 9.17) is 4.74 Å². The van der Waals surface area contributed by atoms with Crippen molar-refractivity contribution < 1.29 is 14.3 Å². The maximum absolute atomic E-state index is 13.1. The number of benzene rings is 2. The fourth-order valence-electron chi connectivity index (χ4n) is 3.55. The molecule has 2 aliphatic heterocycles. The van der Waals surface area contributed by atoms with Gasteiger partial charge in [0.25, 0.3) is 5.91 Å². The monoisotopic (exact) mass is 395 g/mol. The minimum Gasteiger partial charge on any atom is -0.497 e. The van der Waals surface area contributed by atoms with Crippen LogP contribution >= 0.6 is 11.8 Å². The van der Waals surface area contributed by atoms with E-state index in [-0.39, 0.29) is 11.9 Å². The molecule has 2 aromatic rings. The highest BCUT2D eigenvalue weighted by molar-refractivity contribution is 7.98. The van der Waals surface area contributed by atoms with Gasteiger partial charge in [0, 0.05) is 11.4 Å². The van der Waals surface area contributed by atoms with Crippen molar-refractivity contribution in [2.45, 2.75) is 17.5 Å². The molecular weight excluding hydrogens is 374 g/mol. The van der Waals surface area contributed by atoms with Crippen LogP contribution in [0.1, 0.15) is 17.2 Å². The summed E-state index contributed by atoms with van der Waals surface area (Å²) in [5.41, 5.74) is 3.21. The Kier molecular flexibility index (Phi) is 5.00. The third-order valence-electron chi connectivity index (χ3n) is 5.00. The molecule has 0 bridgehead atoms. The predicted molar refractivity (Wildman–Crippen MR) is 108 cm³/mol. The van der Waals surface area contributed by atoms with Crippen molar-refractivity contribution in [2.24, 2.45) is 0 Å². The first-order valence-electron chi connectivity index (χ1n) is 8.95. The normalized spacial score (nSPS) is 18.6. The first-order valence-corrected chi connectivity index (χ1v) is 10.2. The second kappa shape index (κ2) is 7.59. The Morgan fingerprint density at radius 2 is 1.82 bits per heavy atom. The van der Waals surface area contributed by atoms with Gasteiger partial charge in [0.05, 0.1) is 31.0 Å². The molecule has 0 aromatic heterocycles. The zero-order valence-electron chi connectivity index (χ0n) is 15.7. The number of nitrogens with one attached hydrogen (secondary N) is 2. The van der Waals surface area contributed by atoms with Gasteiger partial charge in [0.15, 0.2) is 0 Å². The average Bonchev–Trinajstić information content (AvgIpc) is 3.03. The van der Waals surface area contributed by atoms with Crippen LogP contribution in [0, 0.1) is 0 Å². The van der Waals surface area contributed by atoms with Gasteiger partial charge in [0.1, 0.15) is 5.75 Å². The molecule has 2 aromatic carbocycles. The van der Waals surface area contributed by atoms with Crippen molar-refractivity contribution in [1.82, 2.24) is 15.5 Å². The lowest BCUT2D eigenvalue weighted by atomic mass is 9.96. The molecule has 0 saturated carbocycles. The van der Waals surface area contributed by atoms with Gasteiger partial charge in [-0.1, -0.05) is 24.3 Å². The summed E-state index contributed by atoms with van der Waals surface area (Å²) >= 11 is 1.65. The molecule has 2 aliphatic rings. The fraction of sp³-hybridized carbons (Fsp3) is 0.238. The van der Waals surface area contributed by atoms with Crippen LogP contribution in [-0.4, -0.2) is 36.7 Å². The number of thioether (sulfide) groups is 1. The lowest BCUT2D eigenvalue weighted by molar-refractivity contribution is -0.126. The van der Waals surface area contributed by atoms with Crippen molar-refractivity contribution in [3.8, 4) is 5.75 Å². The Hall–Kier alpha value is -2.93. The number of amides is 3. The molecule has 0 spiro atoms. The summed E-state index contributed by atoms with van der Waals surface area (Å²) in [5, 5.41) is 5.70. The van der Waals surface area contributed by atoms with Crippen LogP contribution in [0.15, 0.2) is 64.7 Å². The summed E-state index contributed by atoms with van der Waals surface area (Å²) in [5.74, 6) is 0.719. The predicted octanol–water partition coefficient (Wildman–Crippen LogP) is 3.07. The number of rotatable bonds is 5. The van der Waals surface area contributed by atoms with E-state index in [0.29, 0.717) is 24.4 Å². The van der Waals surface area contributed by atoms with Crippen molar-refractivity contribution in [3.63, 3.8) is 0 Å². The molecule has 0 radical (unpaired) electrons. The Balaban J connectivity index is 1.57. The number of hydrogen-bond acceptors (Lipinski definition) is 4. The molecule has 2 heterocycles. The Morgan fingerprint density at radius 1 is 1.11 bits per heavy atom. The molecule has 0 saturated heterocycles. The minimum absolute atomic E-state index is 0.0581. The molecule has 0 fully saturated rings. The maximum atomic E-state index is 13.1. The van der Waals surface area contributed by atoms with Gasteiger partial charge in [-0.15, -0.1) is 11.8 Å². The molecule has 1 atom stereocenters. The highest BCUT2D eigenvalue weighted by atomic mass is 32.2. The first kappa shape index (κ1) is 18.4. The third kappa shape index (κ3) is 3.45. The van der Waals surface area contributed by atoms with E-state index in [1.165, 1.54) is 0 Å². The number of urea groups is 1. The van der Waals surface area contributed by atoms with Crippen LogP contribution in [0.3, 0.4) is 0 Å². The zero-order chi connectivity index (χ0) is 19.7. The van der Waals surface area contributed by atoms with E-state index in [1.807, 2.05) is 54.8 Å². The Bertz CT molecular complexity index is 938. The molecule has 7 heteroatoms. The van der Waals surface area contributed by atoms with Crippen molar-refractivity contribution in [2.75, 3.05) is 19.9 Å². The topological polar surface area (TPSA) is 70.7 Å². The summed E-state index contributed by atoms with van der Waals surface area (Å²) in [7, 11) is 1.62. The number of carbonyl (C=O) groups excluding carboxylic acids is 2. The maximum Gasteiger partial charge on any atom is 0.319 e. The zero-order valence-corrected chi connectivity index (χ0v) is 16.5. The smallest absolute Gasteiger partial charge is 0.319 e. The number of nitrogens with zero attached hydrogens (tertiary/aromatic N) is 1. The highest BCUT2D eigenvalue weighted by Gasteiger charge is 2.40. The van der Waals surface area contributed by atoms with E-state index < -0.39 is 6.04 Å². The van der Waals surface area contributed by atoms with Gasteiger partial charge in [0.2, 0.25) is 0 Å². The van der Waals surface area contributed by atoms with Gasteiger partial charge in [-0.05, 0) is 41.6 Å². The van der Waals surface area contributed by atoms with E-state index in [1.54, 1.807) is 23.8 Å². The summed E-state index contributed by atoms with van der Waals surface area (Å²) in [6.07, 6.45) is 2.01. The molecule has 0 unspecified atom stereocenters. The van der Waals surface area contributed by atoms with Crippen LogP contribution in [-0.2, 0) is 11.3 Å². The standard InChI is InChI=1S/C21H21N3O3S/c1-27-15-7-3-13(4-8-15)11-24-12-17-18(20(24)25)19(23-21(26)22-17)14-5-9-16(28-2)10-6-14/h3-10,19H,11-12H2,1-2H3,(H2,22,23,26)/t19-/m1/s1. The van der Waals surface area contributed by atoms with E-state index >= 15 is 0 Å². The molecule has 0 aliphatic carbocycles. The minimum atomic E-state index is -0.437. The third-order valence-corrected chi connectivity index (χ3v) is 5.75. The van der Waals surface area contributed by atoms with Crippen molar-refractivity contribution >= 4 is 23.7 Å². The van der Waals surface area contributed by atoms with Gasteiger partial charge in [-0.25, -0.2) is 4.79 Å². The van der Waals surface area contributed by atoms with E-state index in [2.05, 4.69) is 10.6 Å². The lowest BCUT2D eigenvalue weighted by Gasteiger charge is -2.25. The van der Waals surface area contributed by atoms with Crippen LogP contribution in [0.5, 0.6) is 5.75 Å². The molecule has 3 amide bonds. The summed E-state index contributed by atoms with van der Waals surface area (Å²) in [6, 6.07) is 14.9. The molecule has 4 rings (SSSR count).